The van der Waals surface area contributed by atoms with Gasteiger partial charge in [0.25, 0.3) is 5.91 Å². The number of carbonyl (C=O) groups excluding carboxylic acids is 1. The van der Waals surface area contributed by atoms with E-state index in [4.69, 9.17) is 0 Å². The Morgan fingerprint density at radius 3 is 2.53 bits per heavy atom. The average molecular weight is 250 g/mol. The Balaban J connectivity index is 2.16. The first-order valence-corrected chi connectivity index (χ1v) is 6.30. The average Bonchev–Trinajstić information content (AvgIpc) is 2.32. The molecule has 4 heteroatoms. The standard InChI is InChI=1S/C13H18N2OS/c1-10-3-4-11(17)9-12(10)13(16)15-7-5-14(2)6-8-15/h3-4,9,17H,5-8H2,1-2H3. The number of hydrogen-bond acceptors (Lipinski definition) is 3. The lowest BCUT2D eigenvalue weighted by atomic mass is 10.1. The van der Waals surface area contributed by atoms with Crippen molar-refractivity contribution < 1.29 is 4.79 Å². The molecule has 1 heterocycles. The molecule has 1 aromatic carbocycles. The van der Waals surface area contributed by atoms with Crippen LogP contribution in [-0.4, -0.2) is 48.9 Å². The SMILES string of the molecule is Cc1ccc(S)cc1C(=O)N1CCN(C)CC1. The number of piperazine rings is 1. The van der Waals surface area contributed by atoms with Crippen LogP contribution in [0.3, 0.4) is 0 Å². The Hall–Kier alpha value is -1.00. The van der Waals surface area contributed by atoms with Crippen LogP contribution in [0.25, 0.3) is 0 Å². The van der Waals surface area contributed by atoms with Gasteiger partial charge in [-0.05, 0) is 31.7 Å². The second kappa shape index (κ2) is 5.10. The van der Waals surface area contributed by atoms with Crippen LogP contribution in [0.4, 0.5) is 0 Å². The molecule has 0 radical (unpaired) electrons. The van der Waals surface area contributed by atoms with Crippen LogP contribution in [0.1, 0.15) is 15.9 Å². The lowest BCUT2D eigenvalue weighted by Gasteiger charge is -2.32. The number of likely N-dealkylation sites (N-methyl/N-ethyl adjacent to an activating group) is 1. The Bertz CT molecular complexity index is 425. The lowest BCUT2D eigenvalue weighted by molar-refractivity contribution is 0.0663. The maximum atomic E-state index is 12.4. The van der Waals surface area contributed by atoms with E-state index < -0.39 is 0 Å². The summed E-state index contributed by atoms with van der Waals surface area (Å²) in [6.45, 7) is 5.49. The first-order valence-electron chi connectivity index (χ1n) is 5.85. The minimum absolute atomic E-state index is 0.131. The highest BCUT2D eigenvalue weighted by Gasteiger charge is 2.21. The zero-order valence-electron chi connectivity index (χ0n) is 10.3. The topological polar surface area (TPSA) is 23.6 Å². The van der Waals surface area contributed by atoms with Crippen LogP contribution in [0.2, 0.25) is 0 Å². The van der Waals surface area contributed by atoms with Crippen LogP contribution in [-0.2, 0) is 0 Å². The van der Waals surface area contributed by atoms with E-state index in [0.717, 1.165) is 42.2 Å². The Labute approximate surface area is 108 Å². The molecule has 1 fully saturated rings. The van der Waals surface area contributed by atoms with E-state index in [9.17, 15) is 4.79 Å². The fraction of sp³-hybridized carbons (Fsp3) is 0.462. The summed E-state index contributed by atoms with van der Waals surface area (Å²) in [5.74, 6) is 0.131. The van der Waals surface area contributed by atoms with Crippen LogP contribution in [0.15, 0.2) is 23.1 Å². The highest BCUT2D eigenvalue weighted by Crippen LogP contribution is 2.17. The zero-order chi connectivity index (χ0) is 12.4. The molecule has 0 aromatic heterocycles. The molecular weight excluding hydrogens is 232 g/mol. The fourth-order valence-electron chi connectivity index (χ4n) is 2.02. The third-order valence-electron chi connectivity index (χ3n) is 3.24. The van der Waals surface area contributed by atoms with Crippen molar-refractivity contribution in [2.45, 2.75) is 11.8 Å². The van der Waals surface area contributed by atoms with Crippen molar-refractivity contribution in [2.24, 2.45) is 0 Å². The second-order valence-electron chi connectivity index (χ2n) is 4.59. The highest BCUT2D eigenvalue weighted by atomic mass is 32.1. The van der Waals surface area contributed by atoms with Crippen LogP contribution in [0, 0.1) is 6.92 Å². The Morgan fingerprint density at radius 2 is 1.88 bits per heavy atom. The lowest BCUT2D eigenvalue weighted by Crippen LogP contribution is -2.47. The van der Waals surface area contributed by atoms with E-state index in [1.165, 1.54) is 0 Å². The second-order valence-corrected chi connectivity index (χ2v) is 5.11. The Kier molecular flexibility index (Phi) is 3.74. The third-order valence-corrected chi connectivity index (χ3v) is 3.52. The van der Waals surface area contributed by atoms with E-state index in [1.807, 2.05) is 30.0 Å². The quantitative estimate of drug-likeness (QED) is 0.767. The molecular formula is C13H18N2OS. The van der Waals surface area contributed by atoms with Gasteiger partial charge in [-0.1, -0.05) is 6.07 Å². The van der Waals surface area contributed by atoms with Crippen molar-refractivity contribution in [1.82, 2.24) is 9.80 Å². The van der Waals surface area contributed by atoms with Gasteiger partial charge in [-0.3, -0.25) is 4.79 Å². The van der Waals surface area contributed by atoms with Crippen molar-refractivity contribution in [3.05, 3.63) is 29.3 Å². The summed E-state index contributed by atoms with van der Waals surface area (Å²) >= 11 is 4.30. The minimum atomic E-state index is 0.131. The number of hydrogen-bond donors (Lipinski definition) is 1. The van der Waals surface area contributed by atoms with Crippen LogP contribution < -0.4 is 0 Å². The maximum Gasteiger partial charge on any atom is 0.254 e. The number of benzene rings is 1. The predicted octanol–water partition coefficient (Wildman–Crippen LogP) is 1.67. The summed E-state index contributed by atoms with van der Waals surface area (Å²) in [5.41, 5.74) is 1.80. The molecule has 1 aliphatic heterocycles. The van der Waals surface area contributed by atoms with Gasteiger partial charge in [0.15, 0.2) is 0 Å². The molecule has 1 saturated heterocycles. The zero-order valence-corrected chi connectivity index (χ0v) is 11.2. The minimum Gasteiger partial charge on any atom is -0.336 e. The van der Waals surface area contributed by atoms with Gasteiger partial charge in [0.2, 0.25) is 0 Å². The van der Waals surface area contributed by atoms with Crippen LogP contribution >= 0.6 is 12.6 Å². The van der Waals surface area contributed by atoms with Crippen molar-refractivity contribution in [3.63, 3.8) is 0 Å². The summed E-state index contributed by atoms with van der Waals surface area (Å²) in [5, 5.41) is 0. The first kappa shape index (κ1) is 12.5. The van der Waals surface area contributed by atoms with Crippen molar-refractivity contribution in [2.75, 3.05) is 33.2 Å². The Morgan fingerprint density at radius 1 is 1.24 bits per heavy atom. The number of amides is 1. The molecule has 1 aromatic rings. The van der Waals surface area contributed by atoms with Gasteiger partial charge in [0.05, 0.1) is 0 Å². The van der Waals surface area contributed by atoms with E-state index in [0.29, 0.717) is 0 Å². The highest BCUT2D eigenvalue weighted by molar-refractivity contribution is 7.80. The molecule has 2 rings (SSSR count). The van der Waals surface area contributed by atoms with Crippen molar-refractivity contribution >= 4 is 18.5 Å². The summed E-state index contributed by atoms with van der Waals surface area (Å²) in [4.78, 5) is 17.4. The number of rotatable bonds is 1. The molecule has 1 amide bonds. The third kappa shape index (κ3) is 2.82. The predicted molar refractivity (Wildman–Crippen MR) is 71.8 cm³/mol. The molecule has 1 aliphatic rings. The molecule has 0 saturated carbocycles. The first-order chi connectivity index (χ1) is 8.08. The summed E-state index contributed by atoms with van der Waals surface area (Å²) in [6, 6.07) is 5.73. The smallest absolute Gasteiger partial charge is 0.254 e. The van der Waals surface area contributed by atoms with Gasteiger partial charge >= 0.3 is 0 Å². The molecule has 92 valence electrons. The fourth-order valence-corrected chi connectivity index (χ4v) is 2.22. The molecule has 0 atom stereocenters. The van der Waals surface area contributed by atoms with E-state index >= 15 is 0 Å². The molecule has 0 aliphatic carbocycles. The number of aryl methyl sites for hydroxylation is 1. The van der Waals surface area contributed by atoms with Gasteiger partial charge in [0.1, 0.15) is 0 Å². The van der Waals surface area contributed by atoms with E-state index in [2.05, 4.69) is 24.6 Å². The van der Waals surface area contributed by atoms with Gasteiger partial charge in [-0.2, -0.15) is 0 Å². The molecule has 17 heavy (non-hydrogen) atoms. The normalized spacial score (nSPS) is 17.2. The number of carbonyl (C=O) groups is 1. The maximum absolute atomic E-state index is 12.4. The monoisotopic (exact) mass is 250 g/mol. The summed E-state index contributed by atoms with van der Waals surface area (Å²) in [7, 11) is 2.08. The number of nitrogens with zero attached hydrogens (tertiary/aromatic N) is 2. The van der Waals surface area contributed by atoms with Crippen LogP contribution in [0.5, 0.6) is 0 Å². The van der Waals surface area contributed by atoms with Gasteiger partial charge in [-0.25, -0.2) is 0 Å². The largest absolute Gasteiger partial charge is 0.336 e. The van der Waals surface area contributed by atoms with E-state index in [1.54, 1.807) is 0 Å². The molecule has 0 unspecified atom stereocenters. The molecule has 0 bridgehead atoms. The molecule has 0 spiro atoms. The summed E-state index contributed by atoms with van der Waals surface area (Å²) in [6.07, 6.45) is 0. The van der Waals surface area contributed by atoms with Gasteiger partial charge in [-0.15, -0.1) is 12.6 Å². The summed E-state index contributed by atoms with van der Waals surface area (Å²) < 4.78 is 0. The molecule has 3 nitrogen and oxygen atoms in total. The van der Waals surface area contributed by atoms with Crippen molar-refractivity contribution in [1.29, 1.82) is 0 Å². The number of thiol groups is 1. The van der Waals surface area contributed by atoms with Gasteiger partial charge < -0.3 is 9.80 Å². The van der Waals surface area contributed by atoms with Gasteiger partial charge in [0, 0.05) is 36.6 Å². The van der Waals surface area contributed by atoms with E-state index in [-0.39, 0.29) is 5.91 Å². The van der Waals surface area contributed by atoms with Crippen molar-refractivity contribution in [3.8, 4) is 0 Å². The molecule has 0 N–H and O–H groups in total.